The number of fused-ring (bicyclic) bond motifs is 1. The second-order valence-electron chi connectivity index (χ2n) is 8.04. The van der Waals surface area contributed by atoms with Gasteiger partial charge in [-0.25, -0.2) is 0 Å². The molecule has 5 nitrogen and oxygen atoms in total. The fraction of sp³-hybridized carbons (Fsp3) is 0.280. The molecule has 154 valence electrons. The third-order valence-corrected chi connectivity index (χ3v) is 6.14. The van der Waals surface area contributed by atoms with Crippen molar-refractivity contribution in [3.63, 3.8) is 0 Å². The van der Waals surface area contributed by atoms with Crippen molar-refractivity contribution in [3.8, 4) is 0 Å². The van der Waals surface area contributed by atoms with Gasteiger partial charge in [0.15, 0.2) is 0 Å². The molecule has 2 N–H and O–H groups in total. The molecule has 1 atom stereocenters. The standard InChI is InChI=1S/C25H25NO4/c27-23(21-11-10-19-8-4-5-9-20(19)17-21)26-14-12-25(30,13-15-26)22(24(28)29)16-18-6-2-1-3-7-18/h1-11,17,22,30H,12-16H2,(H,28,29). The first kappa shape index (κ1) is 20.1. The summed E-state index contributed by atoms with van der Waals surface area (Å²) < 4.78 is 0. The normalized spacial score (nSPS) is 16.9. The topological polar surface area (TPSA) is 77.8 Å². The maximum Gasteiger partial charge on any atom is 0.309 e. The first-order valence-electron chi connectivity index (χ1n) is 10.2. The lowest BCUT2D eigenvalue weighted by molar-refractivity contribution is -0.155. The van der Waals surface area contributed by atoms with E-state index in [4.69, 9.17) is 0 Å². The number of carbonyl (C=O) groups excluding carboxylic acids is 1. The minimum Gasteiger partial charge on any atom is -0.481 e. The summed E-state index contributed by atoms with van der Waals surface area (Å²) in [6, 6.07) is 22.9. The van der Waals surface area contributed by atoms with Crippen molar-refractivity contribution in [1.82, 2.24) is 4.90 Å². The number of aliphatic hydroxyl groups is 1. The quantitative estimate of drug-likeness (QED) is 0.680. The zero-order valence-electron chi connectivity index (χ0n) is 16.7. The van der Waals surface area contributed by atoms with Gasteiger partial charge in [-0.05, 0) is 47.7 Å². The molecule has 1 saturated heterocycles. The fourth-order valence-electron chi connectivity index (χ4n) is 4.31. The number of carbonyl (C=O) groups is 2. The van der Waals surface area contributed by atoms with Gasteiger partial charge in [0.2, 0.25) is 0 Å². The molecule has 0 spiro atoms. The van der Waals surface area contributed by atoms with Crippen molar-refractivity contribution >= 4 is 22.6 Å². The Hall–Kier alpha value is -3.18. The van der Waals surface area contributed by atoms with Crippen LogP contribution in [0.3, 0.4) is 0 Å². The molecule has 0 radical (unpaired) electrons. The summed E-state index contributed by atoms with van der Waals surface area (Å²) in [6.07, 6.45) is 0.761. The van der Waals surface area contributed by atoms with Crippen molar-refractivity contribution in [2.75, 3.05) is 13.1 Å². The summed E-state index contributed by atoms with van der Waals surface area (Å²) in [5, 5.41) is 23.0. The molecular formula is C25H25NO4. The van der Waals surface area contributed by atoms with Crippen molar-refractivity contribution in [3.05, 3.63) is 83.9 Å². The SMILES string of the molecule is O=C(O)C(Cc1ccccc1)C1(O)CCN(C(=O)c2ccc3ccccc3c2)CC1. The number of nitrogens with zero attached hydrogens (tertiary/aromatic N) is 1. The summed E-state index contributed by atoms with van der Waals surface area (Å²) in [7, 11) is 0. The highest BCUT2D eigenvalue weighted by molar-refractivity contribution is 5.98. The van der Waals surface area contributed by atoms with E-state index in [1.165, 1.54) is 0 Å². The maximum atomic E-state index is 13.0. The predicted octanol–water partition coefficient (Wildman–Crippen LogP) is 3.75. The van der Waals surface area contributed by atoms with Crippen LogP contribution >= 0.6 is 0 Å². The van der Waals surface area contributed by atoms with Crippen molar-refractivity contribution in [1.29, 1.82) is 0 Å². The van der Waals surface area contributed by atoms with Crippen LogP contribution in [0, 0.1) is 5.92 Å². The van der Waals surface area contributed by atoms with E-state index in [0.717, 1.165) is 16.3 Å². The molecule has 30 heavy (non-hydrogen) atoms. The number of carboxylic acid groups (broad SMARTS) is 1. The second kappa shape index (κ2) is 8.28. The number of aliphatic carboxylic acids is 1. The average Bonchev–Trinajstić information content (AvgIpc) is 2.77. The summed E-state index contributed by atoms with van der Waals surface area (Å²) in [5.41, 5.74) is 0.160. The summed E-state index contributed by atoms with van der Waals surface area (Å²) >= 11 is 0. The van der Waals surface area contributed by atoms with E-state index in [1.807, 2.05) is 72.8 Å². The zero-order valence-corrected chi connectivity index (χ0v) is 16.7. The van der Waals surface area contributed by atoms with Crippen LogP contribution in [-0.4, -0.2) is 45.7 Å². The Labute approximate surface area is 175 Å². The van der Waals surface area contributed by atoms with Gasteiger partial charge in [0.25, 0.3) is 5.91 Å². The maximum absolute atomic E-state index is 13.0. The molecule has 0 aromatic heterocycles. The van der Waals surface area contributed by atoms with E-state index in [1.54, 1.807) is 4.90 Å². The molecule has 0 bridgehead atoms. The molecule has 4 rings (SSSR count). The minimum absolute atomic E-state index is 0.0854. The lowest BCUT2D eigenvalue weighted by Crippen LogP contribution is -2.53. The molecular weight excluding hydrogens is 378 g/mol. The first-order valence-corrected chi connectivity index (χ1v) is 10.2. The van der Waals surface area contributed by atoms with Gasteiger partial charge in [0, 0.05) is 18.7 Å². The number of carboxylic acids is 1. The Morgan fingerprint density at radius 1 is 0.900 bits per heavy atom. The molecule has 3 aromatic rings. The van der Waals surface area contributed by atoms with Crippen LogP contribution in [0.5, 0.6) is 0 Å². The Morgan fingerprint density at radius 3 is 2.20 bits per heavy atom. The number of likely N-dealkylation sites (tertiary alicyclic amines) is 1. The zero-order chi connectivity index (χ0) is 21.1. The molecule has 0 aliphatic carbocycles. The van der Waals surface area contributed by atoms with Gasteiger partial charge in [0.1, 0.15) is 0 Å². The van der Waals surface area contributed by atoms with Gasteiger partial charge in [-0.2, -0.15) is 0 Å². The van der Waals surface area contributed by atoms with Gasteiger partial charge in [-0.15, -0.1) is 0 Å². The Bertz CT molecular complexity index is 1050. The van der Waals surface area contributed by atoms with Crippen LogP contribution in [0.4, 0.5) is 0 Å². The predicted molar refractivity (Wildman–Crippen MR) is 115 cm³/mol. The van der Waals surface area contributed by atoms with Crippen LogP contribution in [0.2, 0.25) is 0 Å². The van der Waals surface area contributed by atoms with Crippen molar-refractivity contribution < 1.29 is 19.8 Å². The van der Waals surface area contributed by atoms with Crippen molar-refractivity contribution in [2.45, 2.75) is 24.9 Å². The molecule has 1 heterocycles. The van der Waals surface area contributed by atoms with Crippen LogP contribution in [-0.2, 0) is 11.2 Å². The minimum atomic E-state index is -1.33. The third-order valence-electron chi connectivity index (χ3n) is 6.14. The number of amides is 1. The third kappa shape index (κ3) is 4.07. The Kier molecular flexibility index (Phi) is 5.55. The van der Waals surface area contributed by atoms with E-state index in [-0.39, 0.29) is 25.2 Å². The van der Waals surface area contributed by atoms with Crippen LogP contribution in [0.25, 0.3) is 10.8 Å². The number of benzene rings is 3. The summed E-state index contributed by atoms with van der Waals surface area (Å²) in [6.45, 7) is 0.668. The number of hydrogen-bond acceptors (Lipinski definition) is 3. The molecule has 3 aromatic carbocycles. The smallest absolute Gasteiger partial charge is 0.309 e. The van der Waals surface area contributed by atoms with E-state index in [2.05, 4.69) is 0 Å². The molecule has 1 unspecified atom stereocenters. The largest absolute Gasteiger partial charge is 0.481 e. The average molecular weight is 403 g/mol. The van der Waals surface area contributed by atoms with Crippen LogP contribution in [0.1, 0.15) is 28.8 Å². The van der Waals surface area contributed by atoms with E-state index in [0.29, 0.717) is 18.7 Å². The number of rotatable bonds is 5. The first-order chi connectivity index (χ1) is 14.5. The van der Waals surface area contributed by atoms with Gasteiger partial charge in [-0.3, -0.25) is 9.59 Å². The Morgan fingerprint density at radius 2 is 1.53 bits per heavy atom. The van der Waals surface area contributed by atoms with Gasteiger partial charge >= 0.3 is 5.97 Å². The fourth-order valence-corrected chi connectivity index (χ4v) is 4.31. The molecule has 1 fully saturated rings. The van der Waals surface area contributed by atoms with Crippen LogP contribution < -0.4 is 0 Å². The Balaban J connectivity index is 1.47. The van der Waals surface area contributed by atoms with Gasteiger partial charge in [-0.1, -0.05) is 60.7 Å². The summed E-state index contributed by atoms with van der Waals surface area (Å²) in [4.78, 5) is 26.6. The van der Waals surface area contributed by atoms with E-state index >= 15 is 0 Å². The molecule has 5 heteroatoms. The number of piperidine rings is 1. The molecule has 1 amide bonds. The summed E-state index contributed by atoms with van der Waals surface area (Å²) in [5.74, 6) is -1.99. The second-order valence-corrected chi connectivity index (χ2v) is 8.04. The highest BCUT2D eigenvalue weighted by Gasteiger charge is 2.44. The van der Waals surface area contributed by atoms with Crippen molar-refractivity contribution in [2.24, 2.45) is 5.92 Å². The monoisotopic (exact) mass is 403 g/mol. The van der Waals surface area contributed by atoms with Crippen LogP contribution in [0.15, 0.2) is 72.8 Å². The molecule has 1 aliphatic heterocycles. The van der Waals surface area contributed by atoms with Gasteiger partial charge in [0.05, 0.1) is 11.5 Å². The van der Waals surface area contributed by atoms with E-state index < -0.39 is 17.5 Å². The highest BCUT2D eigenvalue weighted by Crippen LogP contribution is 2.33. The highest BCUT2D eigenvalue weighted by atomic mass is 16.4. The lowest BCUT2D eigenvalue weighted by Gasteiger charge is -2.41. The van der Waals surface area contributed by atoms with E-state index in [9.17, 15) is 19.8 Å². The molecule has 0 saturated carbocycles. The number of hydrogen-bond donors (Lipinski definition) is 2. The molecule has 1 aliphatic rings. The lowest BCUT2D eigenvalue weighted by atomic mass is 9.76. The van der Waals surface area contributed by atoms with Gasteiger partial charge < -0.3 is 15.1 Å².